The number of benzene rings is 1. The third-order valence-corrected chi connectivity index (χ3v) is 2.53. The SMILES string of the molecule is N#CC(C#N)=C(C#N)Nc1cccc(-c2ccn[nH]2)c1. The molecule has 2 aromatic rings. The second-order valence-electron chi connectivity index (χ2n) is 3.76. The zero-order chi connectivity index (χ0) is 14.4. The number of aromatic nitrogens is 2. The second kappa shape index (κ2) is 5.86. The first-order valence-corrected chi connectivity index (χ1v) is 5.60. The summed E-state index contributed by atoms with van der Waals surface area (Å²) in [6.07, 6.45) is 1.64. The minimum absolute atomic E-state index is 0.0724. The van der Waals surface area contributed by atoms with Crippen molar-refractivity contribution in [3.63, 3.8) is 0 Å². The van der Waals surface area contributed by atoms with Crippen molar-refractivity contribution >= 4 is 5.69 Å². The van der Waals surface area contributed by atoms with Crippen LogP contribution in [0.3, 0.4) is 0 Å². The van der Waals surface area contributed by atoms with Crippen LogP contribution in [0.25, 0.3) is 11.3 Å². The molecule has 1 aromatic heterocycles. The Bertz CT molecular complexity index is 749. The molecule has 0 radical (unpaired) electrons. The lowest BCUT2D eigenvalue weighted by atomic mass is 10.1. The van der Waals surface area contributed by atoms with Crippen molar-refractivity contribution in [1.82, 2.24) is 10.2 Å². The summed E-state index contributed by atoms with van der Waals surface area (Å²) in [5.74, 6) is 0. The predicted molar refractivity (Wildman–Crippen MR) is 71.5 cm³/mol. The first-order valence-electron chi connectivity index (χ1n) is 5.60. The van der Waals surface area contributed by atoms with E-state index >= 15 is 0 Å². The lowest BCUT2D eigenvalue weighted by Gasteiger charge is -2.06. The van der Waals surface area contributed by atoms with Crippen molar-refractivity contribution < 1.29 is 0 Å². The molecule has 1 aromatic carbocycles. The van der Waals surface area contributed by atoms with Gasteiger partial charge in [0, 0.05) is 17.4 Å². The Kier molecular flexibility index (Phi) is 3.78. The molecule has 0 spiro atoms. The highest BCUT2D eigenvalue weighted by Crippen LogP contribution is 2.21. The fourth-order valence-electron chi connectivity index (χ4n) is 1.61. The molecule has 6 nitrogen and oxygen atoms in total. The van der Waals surface area contributed by atoms with Crippen LogP contribution in [0.15, 0.2) is 47.8 Å². The van der Waals surface area contributed by atoms with Crippen LogP contribution in [0.1, 0.15) is 0 Å². The number of nitriles is 3. The smallest absolute Gasteiger partial charge is 0.163 e. The molecule has 0 bridgehead atoms. The molecule has 20 heavy (non-hydrogen) atoms. The number of H-pyrrole nitrogens is 1. The van der Waals surface area contributed by atoms with E-state index in [2.05, 4.69) is 15.5 Å². The Labute approximate surface area is 115 Å². The minimum atomic E-state index is -0.251. The molecule has 0 aliphatic rings. The van der Waals surface area contributed by atoms with Crippen LogP contribution in [0.5, 0.6) is 0 Å². The van der Waals surface area contributed by atoms with Crippen LogP contribution in [0.4, 0.5) is 5.69 Å². The van der Waals surface area contributed by atoms with Gasteiger partial charge in [-0.2, -0.15) is 20.9 Å². The predicted octanol–water partition coefficient (Wildman–Crippen LogP) is 2.31. The van der Waals surface area contributed by atoms with Crippen molar-refractivity contribution in [2.24, 2.45) is 0 Å². The molecule has 2 N–H and O–H groups in total. The van der Waals surface area contributed by atoms with Gasteiger partial charge in [-0.3, -0.25) is 5.10 Å². The van der Waals surface area contributed by atoms with Crippen LogP contribution < -0.4 is 5.32 Å². The standard InChI is InChI=1S/C14H8N6/c15-7-11(8-16)14(9-17)19-12-3-1-2-10(6-12)13-4-5-18-20-13/h1-6,19H,(H,18,20). The van der Waals surface area contributed by atoms with Crippen LogP contribution in [-0.2, 0) is 0 Å². The molecular formula is C14H8N6. The van der Waals surface area contributed by atoms with E-state index in [1.54, 1.807) is 36.5 Å². The molecule has 0 aliphatic heterocycles. The van der Waals surface area contributed by atoms with Gasteiger partial charge in [-0.25, -0.2) is 0 Å². The molecule has 2 rings (SSSR count). The third-order valence-electron chi connectivity index (χ3n) is 2.53. The zero-order valence-electron chi connectivity index (χ0n) is 10.3. The zero-order valence-corrected chi connectivity index (χ0v) is 10.3. The van der Waals surface area contributed by atoms with Gasteiger partial charge in [0.1, 0.15) is 23.9 Å². The van der Waals surface area contributed by atoms with Gasteiger partial charge in [0.2, 0.25) is 0 Å². The van der Waals surface area contributed by atoms with Crippen molar-refractivity contribution in [3.8, 4) is 29.5 Å². The molecule has 94 valence electrons. The van der Waals surface area contributed by atoms with E-state index in [9.17, 15) is 0 Å². The summed E-state index contributed by atoms with van der Waals surface area (Å²) in [6.45, 7) is 0. The van der Waals surface area contributed by atoms with Gasteiger partial charge in [-0.1, -0.05) is 12.1 Å². The normalized spacial score (nSPS) is 8.85. The fourth-order valence-corrected chi connectivity index (χ4v) is 1.61. The topological polar surface area (TPSA) is 112 Å². The number of hydrogen-bond donors (Lipinski definition) is 2. The Morgan fingerprint density at radius 3 is 2.50 bits per heavy atom. The molecule has 0 saturated carbocycles. The van der Waals surface area contributed by atoms with Gasteiger partial charge in [-0.05, 0) is 18.2 Å². The van der Waals surface area contributed by atoms with Crippen LogP contribution in [0.2, 0.25) is 0 Å². The number of nitrogens with one attached hydrogen (secondary N) is 2. The molecule has 0 fully saturated rings. The van der Waals surface area contributed by atoms with Crippen molar-refractivity contribution in [3.05, 3.63) is 47.8 Å². The van der Waals surface area contributed by atoms with Gasteiger partial charge in [0.15, 0.2) is 5.57 Å². The van der Waals surface area contributed by atoms with Crippen molar-refractivity contribution in [1.29, 1.82) is 15.8 Å². The first-order chi connectivity index (χ1) is 9.78. The molecule has 0 atom stereocenters. The van der Waals surface area contributed by atoms with Crippen LogP contribution in [0, 0.1) is 34.0 Å². The molecule has 6 heteroatoms. The monoisotopic (exact) mass is 260 g/mol. The van der Waals surface area contributed by atoms with E-state index in [-0.39, 0.29) is 11.3 Å². The minimum Gasteiger partial charge on any atom is -0.345 e. The molecule has 0 unspecified atom stereocenters. The Morgan fingerprint density at radius 2 is 1.90 bits per heavy atom. The number of hydrogen-bond acceptors (Lipinski definition) is 5. The highest BCUT2D eigenvalue weighted by atomic mass is 15.1. The maximum atomic E-state index is 8.98. The molecule has 1 heterocycles. The van der Waals surface area contributed by atoms with E-state index in [0.29, 0.717) is 5.69 Å². The van der Waals surface area contributed by atoms with Gasteiger partial charge in [-0.15, -0.1) is 0 Å². The summed E-state index contributed by atoms with van der Waals surface area (Å²) >= 11 is 0. The summed E-state index contributed by atoms with van der Waals surface area (Å²) < 4.78 is 0. The van der Waals surface area contributed by atoms with Gasteiger partial charge in [0.25, 0.3) is 0 Å². The maximum absolute atomic E-state index is 8.98. The summed E-state index contributed by atoms with van der Waals surface area (Å²) in [4.78, 5) is 0. The van der Waals surface area contributed by atoms with E-state index in [1.165, 1.54) is 0 Å². The third kappa shape index (κ3) is 2.64. The Morgan fingerprint density at radius 1 is 1.10 bits per heavy atom. The quantitative estimate of drug-likeness (QED) is 0.822. The number of rotatable bonds is 3. The average molecular weight is 260 g/mol. The van der Waals surface area contributed by atoms with Crippen molar-refractivity contribution in [2.75, 3.05) is 5.32 Å². The number of aromatic amines is 1. The molecular weight excluding hydrogens is 252 g/mol. The molecule has 0 amide bonds. The lowest BCUT2D eigenvalue weighted by molar-refractivity contribution is 1.10. The van der Waals surface area contributed by atoms with E-state index in [4.69, 9.17) is 15.8 Å². The average Bonchev–Trinajstić information content (AvgIpc) is 3.02. The number of anilines is 1. The number of nitrogens with zero attached hydrogens (tertiary/aromatic N) is 4. The summed E-state index contributed by atoms with van der Waals surface area (Å²) in [5.41, 5.74) is 1.99. The summed E-state index contributed by atoms with van der Waals surface area (Å²) in [5, 5.41) is 36.0. The van der Waals surface area contributed by atoms with E-state index in [1.807, 2.05) is 18.2 Å². The number of allylic oxidation sites excluding steroid dienone is 2. The first kappa shape index (κ1) is 12.9. The maximum Gasteiger partial charge on any atom is 0.163 e. The highest BCUT2D eigenvalue weighted by Gasteiger charge is 2.07. The van der Waals surface area contributed by atoms with E-state index in [0.717, 1.165) is 11.3 Å². The van der Waals surface area contributed by atoms with Gasteiger partial charge >= 0.3 is 0 Å². The largest absolute Gasteiger partial charge is 0.345 e. The lowest BCUT2D eigenvalue weighted by Crippen LogP contribution is -2.00. The molecule has 0 aliphatic carbocycles. The summed E-state index contributed by atoms with van der Waals surface area (Å²) in [6, 6.07) is 14.2. The fraction of sp³-hybridized carbons (Fsp3) is 0. The molecule has 0 saturated heterocycles. The Hall–Kier alpha value is -3.56. The summed E-state index contributed by atoms with van der Waals surface area (Å²) in [7, 11) is 0. The van der Waals surface area contributed by atoms with Crippen LogP contribution in [-0.4, -0.2) is 10.2 Å². The van der Waals surface area contributed by atoms with Gasteiger partial charge < -0.3 is 5.32 Å². The Balaban J connectivity index is 2.35. The van der Waals surface area contributed by atoms with Crippen LogP contribution >= 0.6 is 0 Å². The van der Waals surface area contributed by atoms with Gasteiger partial charge in [0.05, 0.1) is 5.69 Å². The van der Waals surface area contributed by atoms with Crippen molar-refractivity contribution in [2.45, 2.75) is 0 Å². The second-order valence-corrected chi connectivity index (χ2v) is 3.76. The highest BCUT2D eigenvalue weighted by molar-refractivity contribution is 5.67. The van der Waals surface area contributed by atoms with E-state index < -0.39 is 0 Å².